The molecule has 1 saturated carbocycles. The molecule has 1 atom stereocenters. The van der Waals surface area contributed by atoms with Crippen molar-refractivity contribution >= 4 is 11.9 Å². The van der Waals surface area contributed by atoms with Gasteiger partial charge in [0, 0.05) is 19.1 Å². The predicted molar refractivity (Wildman–Crippen MR) is 72.2 cm³/mol. The molecule has 1 aliphatic heterocycles. The number of nitrogens with one attached hydrogen (secondary N) is 2. The molecule has 7 nitrogen and oxygen atoms in total. The first kappa shape index (κ1) is 15.2. The molecule has 1 saturated heterocycles. The van der Waals surface area contributed by atoms with E-state index in [0.717, 1.165) is 25.7 Å². The zero-order valence-corrected chi connectivity index (χ0v) is 11.6. The van der Waals surface area contributed by atoms with Gasteiger partial charge in [-0.1, -0.05) is 12.8 Å². The first-order valence-electron chi connectivity index (χ1n) is 7.22. The SMILES string of the molecule is O=C(CN1CCOC(CO)C1)NC(=O)NC1CCCC1. The molecule has 0 radical (unpaired) electrons. The highest BCUT2D eigenvalue weighted by molar-refractivity contribution is 5.95. The molecule has 3 amide bonds. The van der Waals surface area contributed by atoms with E-state index in [4.69, 9.17) is 9.84 Å². The third-order valence-corrected chi connectivity index (χ3v) is 3.74. The Bertz CT molecular complexity index is 345. The number of amides is 3. The molecule has 0 aromatic heterocycles. The van der Waals surface area contributed by atoms with E-state index in [1.165, 1.54) is 0 Å². The Hall–Kier alpha value is -1.18. The molecule has 7 heteroatoms. The lowest BCUT2D eigenvalue weighted by Gasteiger charge is -2.31. The van der Waals surface area contributed by atoms with Gasteiger partial charge in [-0.3, -0.25) is 15.0 Å². The number of carbonyl (C=O) groups excluding carboxylic acids is 2. The number of carbonyl (C=O) groups is 2. The fourth-order valence-corrected chi connectivity index (χ4v) is 2.70. The smallest absolute Gasteiger partial charge is 0.321 e. The monoisotopic (exact) mass is 285 g/mol. The van der Waals surface area contributed by atoms with Crippen LogP contribution in [0.2, 0.25) is 0 Å². The quantitative estimate of drug-likeness (QED) is 0.644. The molecule has 0 spiro atoms. The van der Waals surface area contributed by atoms with E-state index >= 15 is 0 Å². The number of aliphatic hydroxyl groups is 1. The number of urea groups is 1. The molecule has 0 aromatic rings. The molecular formula is C13H23N3O4. The van der Waals surface area contributed by atoms with Gasteiger partial charge in [-0.05, 0) is 12.8 Å². The number of imide groups is 1. The summed E-state index contributed by atoms with van der Waals surface area (Å²) in [6.45, 7) is 1.73. The third-order valence-electron chi connectivity index (χ3n) is 3.74. The minimum absolute atomic E-state index is 0.0553. The van der Waals surface area contributed by atoms with Gasteiger partial charge in [0.1, 0.15) is 0 Å². The van der Waals surface area contributed by atoms with Gasteiger partial charge in [-0.15, -0.1) is 0 Å². The average Bonchev–Trinajstić information content (AvgIpc) is 2.91. The second-order valence-corrected chi connectivity index (χ2v) is 5.41. The molecule has 20 heavy (non-hydrogen) atoms. The minimum atomic E-state index is -0.408. The normalized spacial score (nSPS) is 24.6. The average molecular weight is 285 g/mol. The van der Waals surface area contributed by atoms with Crippen LogP contribution in [0.25, 0.3) is 0 Å². The van der Waals surface area contributed by atoms with Crippen LogP contribution in [0.5, 0.6) is 0 Å². The summed E-state index contributed by atoms with van der Waals surface area (Å²) in [6.07, 6.45) is 4.00. The van der Waals surface area contributed by atoms with E-state index in [-0.39, 0.29) is 31.2 Å². The summed E-state index contributed by atoms with van der Waals surface area (Å²) in [5.74, 6) is -0.320. The molecule has 2 rings (SSSR count). The van der Waals surface area contributed by atoms with Crippen molar-refractivity contribution in [1.82, 2.24) is 15.5 Å². The minimum Gasteiger partial charge on any atom is -0.394 e. The maximum atomic E-state index is 11.8. The van der Waals surface area contributed by atoms with E-state index < -0.39 is 6.03 Å². The Morgan fingerprint density at radius 3 is 2.75 bits per heavy atom. The van der Waals surface area contributed by atoms with Crippen molar-refractivity contribution < 1.29 is 19.4 Å². The Balaban J connectivity index is 1.67. The van der Waals surface area contributed by atoms with Gasteiger partial charge in [-0.2, -0.15) is 0 Å². The molecule has 1 aliphatic carbocycles. The molecule has 1 heterocycles. The van der Waals surface area contributed by atoms with Gasteiger partial charge in [0.25, 0.3) is 0 Å². The van der Waals surface area contributed by atoms with Gasteiger partial charge in [-0.25, -0.2) is 4.79 Å². The summed E-state index contributed by atoms with van der Waals surface area (Å²) in [7, 11) is 0. The number of aliphatic hydroxyl groups excluding tert-OH is 1. The zero-order chi connectivity index (χ0) is 14.4. The second-order valence-electron chi connectivity index (χ2n) is 5.41. The van der Waals surface area contributed by atoms with E-state index in [1.54, 1.807) is 0 Å². The van der Waals surface area contributed by atoms with Crippen LogP contribution < -0.4 is 10.6 Å². The van der Waals surface area contributed by atoms with Crippen LogP contribution in [0.3, 0.4) is 0 Å². The lowest BCUT2D eigenvalue weighted by atomic mass is 10.2. The van der Waals surface area contributed by atoms with Crippen molar-refractivity contribution in [2.75, 3.05) is 32.8 Å². The van der Waals surface area contributed by atoms with Crippen molar-refractivity contribution in [3.8, 4) is 0 Å². The standard InChI is InChI=1S/C13H23N3O4/c17-9-11-7-16(5-6-20-11)8-12(18)15-13(19)14-10-3-1-2-4-10/h10-11,17H,1-9H2,(H2,14,15,18,19). The number of morpholine rings is 1. The number of hydrogen-bond donors (Lipinski definition) is 3. The highest BCUT2D eigenvalue weighted by Crippen LogP contribution is 2.17. The summed E-state index contributed by atoms with van der Waals surface area (Å²) in [6, 6.07) is -0.209. The maximum Gasteiger partial charge on any atom is 0.321 e. The van der Waals surface area contributed by atoms with Crippen molar-refractivity contribution in [3.63, 3.8) is 0 Å². The summed E-state index contributed by atoms with van der Waals surface area (Å²) in [5, 5.41) is 14.2. The highest BCUT2D eigenvalue weighted by Gasteiger charge is 2.23. The van der Waals surface area contributed by atoms with Gasteiger partial charge in [0.15, 0.2) is 0 Å². The van der Waals surface area contributed by atoms with Crippen LogP contribution in [-0.4, -0.2) is 66.9 Å². The molecule has 0 aromatic carbocycles. The molecule has 2 aliphatic rings. The summed E-state index contributed by atoms with van der Waals surface area (Å²) >= 11 is 0. The summed E-state index contributed by atoms with van der Waals surface area (Å²) in [4.78, 5) is 25.3. The van der Waals surface area contributed by atoms with Gasteiger partial charge >= 0.3 is 6.03 Å². The van der Waals surface area contributed by atoms with Gasteiger partial charge < -0.3 is 15.2 Å². The van der Waals surface area contributed by atoms with Crippen LogP contribution in [0.1, 0.15) is 25.7 Å². The largest absolute Gasteiger partial charge is 0.394 e. The van der Waals surface area contributed by atoms with Crippen LogP contribution in [0.4, 0.5) is 4.79 Å². The zero-order valence-electron chi connectivity index (χ0n) is 11.6. The van der Waals surface area contributed by atoms with Crippen molar-refractivity contribution in [1.29, 1.82) is 0 Å². The summed E-state index contributed by atoms with van der Waals surface area (Å²) in [5.41, 5.74) is 0. The summed E-state index contributed by atoms with van der Waals surface area (Å²) < 4.78 is 5.31. The molecule has 1 unspecified atom stereocenters. The highest BCUT2D eigenvalue weighted by atomic mass is 16.5. The van der Waals surface area contributed by atoms with E-state index in [9.17, 15) is 9.59 Å². The Morgan fingerprint density at radius 1 is 1.30 bits per heavy atom. The van der Waals surface area contributed by atoms with Crippen LogP contribution in [0, 0.1) is 0 Å². The number of ether oxygens (including phenoxy) is 1. The number of hydrogen-bond acceptors (Lipinski definition) is 5. The van der Waals surface area contributed by atoms with Gasteiger partial charge in [0.05, 0.1) is 25.9 Å². The number of rotatable bonds is 4. The topological polar surface area (TPSA) is 90.9 Å². The molecular weight excluding hydrogens is 262 g/mol. The lowest BCUT2D eigenvalue weighted by Crippen LogP contribution is -2.50. The third kappa shape index (κ3) is 4.73. The van der Waals surface area contributed by atoms with E-state index in [0.29, 0.717) is 19.7 Å². The fraction of sp³-hybridized carbons (Fsp3) is 0.846. The second kappa shape index (κ2) is 7.56. The Morgan fingerprint density at radius 2 is 2.05 bits per heavy atom. The first-order valence-corrected chi connectivity index (χ1v) is 7.22. The molecule has 3 N–H and O–H groups in total. The molecule has 2 fully saturated rings. The lowest BCUT2D eigenvalue weighted by molar-refractivity contribution is -0.123. The first-order chi connectivity index (χ1) is 9.67. The van der Waals surface area contributed by atoms with E-state index in [1.807, 2.05) is 4.90 Å². The van der Waals surface area contributed by atoms with Crippen LogP contribution in [-0.2, 0) is 9.53 Å². The Labute approximate surface area is 118 Å². The molecule has 114 valence electrons. The number of nitrogens with zero attached hydrogens (tertiary/aromatic N) is 1. The van der Waals surface area contributed by atoms with Crippen LogP contribution >= 0.6 is 0 Å². The van der Waals surface area contributed by atoms with Crippen molar-refractivity contribution in [2.24, 2.45) is 0 Å². The van der Waals surface area contributed by atoms with Crippen molar-refractivity contribution in [2.45, 2.75) is 37.8 Å². The van der Waals surface area contributed by atoms with E-state index in [2.05, 4.69) is 10.6 Å². The molecule has 0 bridgehead atoms. The predicted octanol–water partition coefficient (Wildman–Crippen LogP) is -0.552. The van der Waals surface area contributed by atoms with Crippen LogP contribution in [0.15, 0.2) is 0 Å². The Kier molecular flexibility index (Phi) is 5.75. The van der Waals surface area contributed by atoms with Gasteiger partial charge in [0.2, 0.25) is 5.91 Å². The van der Waals surface area contributed by atoms with Crippen molar-refractivity contribution in [3.05, 3.63) is 0 Å². The maximum absolute atomic E-state index is 11.8. The fourth-order valence-electron chi connectivity index (χ4n) is 2.70.